The number of carbonyl (C=O) groups excluding carboxylic acids is 1. The van der Waals surface area contributed by atoms with E-state index in [9.17, 15) is 4.79 Å². The number of aryl methyl sites for hydroxylation is 1. The number of nitrogens with two attached hydrogens (primary N) is 1. The second-order valence-corrected chi connectivity index (χ2v) is 7.72. The number of aromatic nitrogens is 1. The first-order valence-electron chi connectivity index (χ1n) is 8.24. The third-order valence-corrected chi connectivity index (χ3v) is 6.01. The fourth-order valence-electron chi connectivity index (χ4n) is 3.73. The van der Waals surface area contributed by atoms with Crippen molar-refractivity contribution in [2.24, 2.45) is 11.7 Å². The first kappa shape index (κ1) is 14.8. The summed E-state index contributed by atoms with van der Waals surface area (Å²) in [5.41, 5.74) is 7.60. The van der Waals surface area contributed by atoms with Gasteiger partial charge in [-0.25, -0.2) is 4.98 Å². The molecule has 1 saturated heterocycles. The zero-order chi connectivity index (χ0) is 16.0. The van der Waals surface area contributed by atoms with E-state index >= 15 is 0 Å². The first-order chi connectivity index (χ1) is 11.2. The Morgan fingerprint density at radius 1 is 1.35 bits per heavy atom. The number of nitrogens with zero attached hydrogens (tertiary/aromatic N) is 2. The molecule has 1 aliphatic carbocycles. The average Bonchev–Trinajstić information content (AvgIpc) is 3.27. The van der Waals surface area contributed by atoms with Crippen LogP contribution in [-0.2, 0) is 0 Å². The molecule has 0 spiro atoms. The number of piperidine rings is 1. The van der Waals surface area contributed by atoms with Gasteiger partial charge in [-0.3, -0.25) is 4.79 Å². The molecule has 0 radical (unpaired) electrons. The second-order valence-electron chi connectivity index (χ2n) is 6.52. The molecule has 3 unspecified atom stereocenters. The lowest BCUT2D eigenvalue weighted by Gasteiger charge is -2.34. The highest BCUT2D eigenvalue weighted by molar-refractivity contribution is 7.15. The molecule has 2 N–H and O–H groups in total. The van der Waals surface area contributed by atoms with Crippen LogP contribution in [0.4, 0.5) is 0 Å². The number of rotatable bonds is 3. The minimum atomic E-state index is 0.0656. The quantitative estimate of drug-likeness (QED) is 0.942. The lowest BCUT2D eigenvalue weighted by molar-refractivity contribution is 0.0593. The van der Waals surface area contributed by atoms with E-state index < -0.39 is 0 Å². The van der Waals surface area contributed by atoms with E-state index in [-0.39, 0.29) is 11.9 Å². The second kappa shape index (κ2) is 5.73. The molecule has 2 aromatic rings. The van der Waals surface area contributed by atoms with Crippen LogP contribution in [0, 0.1) is 12.8 Å². The summed E-state index contributed by atoms with van der Waals surface area (Å²) in [6, 6.07) is 10.6. The van der Waals surface area contributed by atoms with Gasteiger partial charge in [0.25, 0.3) is 5.91 Å². The van der Waals surface area contributed by atoms with Crippen molar-refractivity contribution in [3.63, 3.8) is 0 Å². The largest absolute Gasteiger partial charge is 0.330 e. The van der Waals surface area contributed by atoms with Crippen molar-refractivity contribution in [1.29, 1.82) is 0 Å². The fraction of sp³-hybridized carbons (Fsp3) is 0.444. The standard InChI is InChI=1S/C18H21N3OS/c1-11-20-16(17(23-11)12-5-3-2-4-6-12)18(22)21-14(10-19)8-7-13-9-15(13)21/h2-6,13-15H,7-10,19H2,1H3. The number of thiazole rings is 1. The van der Waals surface area contributed by atoms with Crippen molar-refractivity contribution in [2.45, 2.75) is 38.3 Å². The van der Waals surface area contributed by atoms with Crippen molar-refractivity contribution in [1.82, 2.24) is 9.88 Å². The van der Waals surface area contributed by atoms with Gasteiger partial charge in [-0.1, -0.05) is 30.3 Å². The highest BCUT2D eigenvalue weighted by Gasteiger charge is 2.50. The maximum atomic E-state index is 13.2. The van der Waals surface area contributed by atoms with E-state index in [0.29, 0.717) is 24.2 Å². The number of carbonyl (C=O) groups is 1. The molecular formula is C18H21N3OS. The van der Waals surface area contributed by atoms with Gasteiger partial charge in [0.05, 0.1) is 9.88 Å². The van der Waals surface area contributed by atoms with Crippen LogP contribution >= 0.6 is 11.3 Å². The summed E-state index contributed by atoms with van der Waals surface area (Å²) >= 11 is 1.59. The third-order valence-electron chi connectivity index (χ3n) is 4.99. The van der Waals surface area contributed by atoms with E-state index in [1.807, 2.05) is 42.2 Å². The molecule has 5 heteroatoms. The van der Waals surface area contributed by atoms with Gasteiger partial charge in [-0.05, 0) is 37.7 Å². The lowest BCUT2D eigenvalue weighted by Crippen LogP contribution is -2.48. The Hall–Kier alpha value is -1.72. The highest BCUT2D eigenvalue weighted by Crippen LogP contribution is 2.46. The molecule has 1 saturated carbocycles. The normalized spacial score (nSPS) is 26.0. The lowest BCUT2D eigenvalue weighted by atomic mass is 10.0. The number of hydrogen-bond donors (Lipinski definition) is 1. The minimum Gasteiger partial charge on any atom is -0.330 e. The smallest absolute Gasteiger partial charge is 0.274 e. The highest BCUT2D eigenvalue weighted by atomic mass is 32.1. The van der Waals surface area contributed by atoms with Crippen LogP contribution in [-0.4, -0.2) is 34.4 Å². The van der Waals surface area contributed by atoms with Crippen molar-refractivity contribution in [2.75, 3.05) is 6.54 Å². The number of amides is 1. The number of fused-ring (bicyclic) bond motifs is 1. The van der Waals surface area contributed by atoms with Crippen LogP contribution in [0.25, 0.3) is 10.4 Å². The van der Waals surface area contributed by atoms with Crippen LogP contribution in [0.5, 0.6) is 0 Å². The van der Waals surface area contributed by atoms with Crippen LogP contribution in [0.3, 0.4) is 0 Å². The first-order valence-corrected chi connectivity index (χ1v) is 9.06. The van der Waals surface area contributed by atoms with Gasteiger partial charge in [0.1, 0.15) is 5.69 Å². The SMILES string of the molecule is Cc1nc(C(=O)N2C(CN)CCC3CC32)c(-c2ccccc2)s1. The van der Waals surface area contributed by atoms with E-state index in [1.54, 1.807) is 11.3 Å². The number of benzene rings is 1. The molecule has 0 bridgehead atoms. The molecule has 1 amide bonds. The van der Waals surface area contributed by atoms with Gasteiger partial charge in [-0.2, -0.15) is 0 Å². The van der Waals surface area contributed by atoms with Crippen molar-refractivity contribution >= 4 is 17.2 Å². The topological polar surface area (TPSA) is 59.2 Å². The monoisotopic (exact) mass is 327 g/mol. The molecule has 4 rings (SSSR count). The van der Waals surface area contributed by atoms with E-state index in [0.717, 1.165) is 28.3 Å². The maximum Gasteiger partial charge on any atom is 0.274 e. The predicted octanol–water partition coefficient (Wildman–Crippen LogP) is 3.07. The zero-order valence-electron chi connectivity index (χ0n) is 13.2. The van der Waals surface area contributed by atoms with E-state index in [1.165, 1.54) is 6.42 Å². The molecule has 2 heterocycles. The number of likely N-dealkylation sites (tertiary alicyclic amines) is 1. The van der Waals surface area contributed by atoms with Gasteiger partial charge in [0, 0.05) is 18.6 Å². The predicted molar refractivity (Wildman–Crippen MR) is 92.4 cm³/mol. The Morgan fingerprint density at radius 2 is 2.13 bits per heavy atom. The van der Waals surface area contributed by atoms with Crippen LogP contribution < -0.4 is 5.73 Å². The Balaban J connectivity index is 1.71. The molecule has 4 nitrogen and oxygen atoms in total. The van der Waals surface area contributed by atoms with Crippen molar-refractivity contribution in [3.8, 4) is 10.4 Å². The molecule has 2 aliphatic rings. The summed E-state index contributed by atoms with van der Waals surface area (Å²) in [5.74, 6) is 0.748. The molecule has 1 aromatic heterocycles. The maximum absolute atomic E-state index is 13.2. The summed E-state index contributed by atoms with van der Waals surface area (Å²) in [6.07, 6.45) is 3.36. The summed E-state index contributed by atoms with van der Waals surface area (Å²) < 4.78 is 0. The van der Waals surface area contributed by atoms with Crippen molar-refractivity contribution < 1.29 is 4.79 Å². The van der Waals surface area contributed by atoms with Gasteiger partial charge >= 0.3 is 0 Å². The van der Waals surface area contributed by atoms with Crippen LogP contribution in [0.1, 0.15) is 34.8 Å². The molecular weight excluding hydrogens is 306 g/mol. The Labute approximate surface area is 140 Å². The van der Waals surface area contributed by atoms with Crippen LogP contribution in [0.15, 0.2) is 30.3 Å². The summed E-state index contributed by atoms with van der Waals surface area (Å²) in [4.78, 5) is 20.8. The van der Waals surface area contributed by atoms with Crippen molar-refractivity contribution in [3.05, 3.63) is 41.0 Å². The molecule has 2 fully saturated rings. The fourth-order valence-corrected chi connectivity index (χ4v) is 4.64. The molecule has 23 heavy (non-hydrogen) atoms. The summed E-state index contributed by atoms with van der Waals surface area (Å²) in [7, 11) is 0. The Morgan fingerprint density at radius 3 is 2.87 bits per heavy atom. The summed E-state index contributed by atoms with van der Waals surface area (Å²) in [5, 5.41) is 0.931. The van der Waals surface area contributed by atoms with Crippen LogP contribution in [0.2, 0.25) is 0 Å². The summed E-state index contributed by atoms with van der Waals surface area (Å²) in [6.45, 7) is 2.50. The van der Waals surface area contributed by atoms with Gasteiger partial charge in [0.2, 0.25) is 0 Å². The molecule has 1 aromatic carbocycles. The Kier molecular flexibility index (Phi) is 3.70. The minimum absolute atomic E-state index is 0.0656. The van der Waals surface area contributed by atoms with Gasteiger partial charge in [-0.15, -0.1) is 11.3 Å². The average molecular weight is 327 g/mol. The Bertz CT molecular complexity index is 727. The molecule has 3 atom stereocenters. The zero-order valence-corrected chi connectivity index (χ0v) is 14.1. The molecule has 120 valence electrons. The van der Waals surface area contributed by atoms with Gasteiger partial charge in [0.15, 0.2) is 0 Å². The van der Waals surface area contributed by atoms with E-state index in [4.69, 9.17) is 5.73 Å². The number of hydrogen-bond acceptors (Lipinski definition) is 4. The third kappa shape index (κ3) is 2.58. The van der Waals surface area contributed by atoms with Gasteiger partial charge < -0.3 is 10.6 Å². The molecule has 1 aliphatic heterocycles. The van der Waals surface area contributed by atoms with E-state index in [2.05, 4.69) is 4.98 Å².